The van der Waals surface area contributed by atoms with Gasteiger partial charge in [-0.05, 0) is 36.8 Å². The van der Waals surface area contributed by atoms with Crippen molar-refractivity contribution in [1.82, 2.24) is 25.1 Å². The van der Waals surface area contributed by atoms with Crippen LogP contribution in [0, 0.1) is 6.92 Å². The fraction of sp³-hybridized carbons (Fsp3) is 0.150. The van der Waals surface area contributed by atoms with Crippen LogP contribution in [0.15, 0.2) is 60.8 Å². The number of aromatic nitrogens is 4. The summed E-state index contributed by atoms with van der Waals surface area (Å²) >= 11 is 0. The summed E-state index contributed by atoms with van der Waals surface area (Å²) in [6, 6.07) is 17.0. The highest BCUT2D eigenvalue weighted by atomic mass is 16.1. The number of carbonyl (C=O) groups excluding carboxylic acids is 1. The van der Waals surface area contributed by atoms with Gasteiger partial charge in [-0.2, -0.15) is 5.10 Å². The highest BCUT2D eigenvalue weighted by Crippen LogP contribution is 2.22. The number of carbonyl (C=O) groups is 1. The Balaban J connectivity index is 1.68. The average molecular weight is 345 g/mol. The molecule has 6 heteroatoms. The lowest BCUT2D eigenvalue weighted by Gasteiger charge is -2.19. The zero-order valence-electron chi connectivity index (χ0n) is 14.6. The SMILES string of the molecule is Cc1nc2ccc(C(=O)N[C@H](c3ccccc3)c3ccnn3C)cc2[nH]1. The monoisotopic (exact) mass is 345 g/mol. The second-order valence-electron chi connectivity index (χ2n) is 6.25. The summed E-state index contributed by atoms with van der Waals surface area (Å²) in [5.74, 6) is 0.684. The van der Waals surface area contributed by atoms with Crippen LogP contribution in [0.4, 0.5) is 0 Å². The molecule has 0 fully saturated rings. The molecule has 6 nitrogen and oxygen atoms in total. The summed E-state index contributed by atoms with van der Waals surface area (Å²) in [5, 5.41) is 7.37. The summed E-state index contributed by atoms with van der Waals surface area (Å²) < 4.78 is 1.78. The van der Waals surface area contributed by atoms with Gasteiger partial charge < -0.3 is 10.3 Å². The van der Waals surface area contributed by atoms with Crippen LogP contribution in [0.25, 0.3) is 11.0 Å². The molecule has 1 atom stereocenters. The second-order valence-corrected chi connectivity index (χ2v) is 6.25. The molecule has 4 rings (SSSR count). The van der Waals surface area contributed by atoms with Gasteiger partial charge in [0.1, 0.15) is 5.82 Å². The molecule has 0 bridgehead atoms. The molecule has 2 heterocycles. The van der Waals surface area contributed by atoms with E-state index in [-0.39, 0.29) is 11.9 Å². The Morgan fingerprint density at radius 1 is 1.15 bits per heavy atom. The zero-order valence-corrected chi connectivity index (χ0v) is 14.6. The fourth-order valence-corrected chi connectivity index (χ4v) is 3.13. The van der Waals surface area contributed by atoms with Gasteiger partial charge in [0.05, 0.1) is 22.8 Å². The van der Waals surface area contributed by atoms with Gasteiger partial charge in [0, 0.05) is 18.8 Å². The van der Waals surface area contributed by atoms with Crippen molar-refractivity contribution < 1.29 is 4.79 Å². The molecule has 2 aromatic carbocycles. The third-order valence-electron chi connectivity index (χ3n) is 4.43. The fourth-order valence-electron chi connectivity index (χ4n) is 3.13. The number of hydrogen-bond donors (Lipinski definition) is 2. The van der Waals surface area contributed by atoms with E-state index in [1.54, 1.807) is 16.9 Å². The standard InChI is InChI=1S/C20H19N5O/c1-13-22-16-9-8-15(12-17(16)23-13)20(26)24-19(14-6-4-3-5-7-14)18-10-11-21-25(18)2/h3-12,19H,1-2H3,(H,22,23)(H,24,26)/t19-/m1/s1. The summed E-state index contributed by atoms with van der Waals surface area (Å²) in [6.07, 6.45) is 1.73. The Labute approximate surface area is 150 Å². The van der Waals surface area contributed by atoms with Crippen LogP contribution in [0.5, 0.6) is 0 Å². The van der Waals surface area contributed by atoms with E-state index >= 15 is 0 Å². The number of rotatable bonds is 4. The van der Waals surface area contributed by atoms with Crippen molar-refractivity contribution in [2.45, 2.75) is 13.0 Å². The normalized spacial score (nSPS) is 12.2. The number of aromatic amines is 1. The molecule has 0 radical (unpaired) electrons. The molecule has 4 aromatic rings. The van der Waals surface area contributed by atoms with E-state index < -0.39 is 0 Å². The van der Waals surface area contributed by atoms with E-state index in [2.05, 4.69) is 20.4 Å². The Bertz CT molecular complexity index is 1060. The van der Waals surface area contributed by atoms with Crippen LogP contribution in [-0.2, 0) is 7.05 Å². The molecule has 130 valence electrons. The van der Waals surface area contributed by atoms with Crippen LogP contribution in [-0.4, -0.2) is 25.7 Å². The topological polar surface area (TPSA) is 75.6 Å². The highest BCUT2D eigenvalue weighted by Gasteiger charge is 2.20. The van der Waals surface area contributed by atoms with E-state index in [0.717, 1.165) is 28.1 Å². The molecule has 0 saturated heterocycles. The molecular formula is C20H19N5O. The molecular weight excluding hydrogens is 326 g/mol. The smallest absolute Gasteiger partial charge is 0.252 e. The zero-order chi connectivity index (χ0) is 18.1. The van der Waals surface area contributed by atoms with Crippen molar-refractivity contribution in [3.8, 4) is 0 Å². The van der Waals surface area contributed by atoms with E-state index in [0.29, 0.717) is 5.56 Å². The Hall–Kier alpha value is -3.41. The van der Waals surface area contributed by atoms with Crippen molar-refractivity contribution in [2.75, 3.05) is 0 Å². The molecule has 0 aliphatic heterocycles. The summed E-state index contributed by atoms with van der Waals surface area (Å²) in [7, 11) is 1.87. The minimum atomic E-state index is -0.282. The van der Waals surface area contributed by atoms with Crippen molar-refractivity contribution in [3.63, 3.8) is 0 Å². The third kappa shape index (κ3) is 2.97. The quantitative estimate of drug-likeness (QED) is 0.597. The largest absolute Gasteiger partial charge is 0.342 e. The maximum atomic E-state index is 12.9. The van der Waals surface area contributed by atoms with Crippen LogP contribution >= 0.6 is 0 Å². The van der Waals surface area contributed by atoms with Crippen molar-refractivity contribution in [2.24, 2.45) is 7.05 Å². The van der Waals surface area contributed by atoms with Crippen LogP contribution < -0.4 is 5.32 Å². The molecule has 0 spiro atoms. The van der Waals surface area contributed by atoms with Gasteiger partial charge in [0.2, 0.25) is 0 Å². The first kappa shape index (κ1) is 16.1. The average Bonchev–Trinajstić information content (AvgIpc) is 3.24. The lowest BCUT2D eigenvalue weighted by Crippen LogP contribution is -2.30. The van der Waals surface area contributed by atoms with Crippen molar-refractivity contribution >= 4 is 16.9 Å². The lowest BCUT2D eigenvalue weighted by molar-refractivity contribution is 0.0942. The molecule has 0 unspecified atom stereocenters. The first-order valence-electron chi connectivity index (χ1n) is 8.42. The Morgan fingerprint density at radius 2 is 1.96 bits per heavy atom. The number of nitrogens with zero attached hydrogens (tertiary/aromatic N) is 3. The predicted molar refractivity (Wildman–Crippen MR) is 99.8 cm³/mol. The van der Waals surface area contributed by atoms with Gasteiger partial charge >= 0.3 is 0 Å². The number of amides is 1. The molecule has 0 aliphatic rings. The number of nitrogens with one attached hydrogen (secondary N) is 2. The maximum absolute atomic E-state index is 12.9. The Morgan fingerprint density at radius 3 is 2.69 bits per heavy atom. The van der Waals surface area contributed by atoms with Crippen LogP contribution in [0.1, 0.15) is 33.5 Å². The molecule has 2 aromatic heterocycles. The number of imidazole rings is 1. The molecule has 2 N–H and O–H groups in total. The first-order valence-corrected chi connectivity index (χ1v) is 8.42. The van der Waals surface area contributed by atoms with Crippen molar-refractivity contribution in [3.05, 3.63) is 83.4 Å². The predicted octanol–water partition coefficient (Wildman–Crippen LogP) is 3.12. The number of aryl methyl sites for hydroxylation is 2. The minimum absolute atomic E-state index is 0.144. The van der Waals surface area contributed by atoms with Crippen LogP contribution in [0.3, 0.4) is 0 Å². The van der Waals surface area contributed by atoms with Crippen molar-refractivity contribution in [1.29, 1.82) is 0 Å². The van der Waals surface area contributed by atoms with Gasteiger partial charge in [-0.15, -0.1) is 0 Å². The number of benzene rings is 2. The summed E-state index contributed by atoms with van der Waals surface area (Å²) in [4.78, 5) is 20.5. The summed E-state index contributed by atoms with van der Waals surface area (Å²) in [5.41, 5.74) is 4.22. The van der Waals surface area contributed by atoms with E-state index in [1.165, 1.54) is 0 Å². The summed E-state index contributed by atoms with van der Waals surface area (Å²) in [6.45, 7) is 1.90. The molecule has 0 saturated carbocycles. The molecule has 26 heavy (non-hydrogen) atoms. The highest BCUT2D eigenvalue weighted by molar-refractivity contribution is 5.97. The lowest BCUT2D eigenvalue weighted by atomic mass is 10.0. The van der Waals surface area contributed by atoms with Gasteiger partial charge in [0.25, 0.3) is 5.91 Å². The first-order chi connectivity index (χ1) is 12.6. The van der Waals surface area contributed by atoms with Gasteiger partial charge in [-0.1, -0.05) is 30.3 Å². The molecule has 0 aliphatic carbocycles. The van der Waals surface area contributed by atoms with E-state index in [1.807, 2.05) is 62.5 Å². The van der Waals surface area contributed by atoms with Gasteiger partial charge in [-0.3, -0.25) is 9.48 Å². The van der Waals surface area contributed by atoms with E-state index in [9.17, 15) is 4.79 Å². The van der Waals surface area contributed by atoms with E-state index in [4.69, 9.17) is 0 Å². The Kier molecular flexibility index (Phi) is 4.01. The molecule has 1 amide bonds. The number of H-pyrrole nitrogens is 1. The van der Waals surface area contributed by atoms with Crippen LogP contribution in [0.2, 0.25) is 0 Å². The minimum Gasteiger partial charge on any atom is -0.342 e. The number of fused-ring (bicyclic) bond motifs is 1. The maximum Gasteiger partial charge on any atom is 0.252 e. The number of hydrogen-bond acceptors (Lipinski definition) is 3. The second kappa shape index (κ2) is 6.48. The van der Waals surface area contributed by atoms with Gasteiger partial charge in [-0.25, -0.2) is 4.98 Å². The third-order valence-corrected chi connectivity index (χ3v) is 4.43. The van der Waals surface area contributed by atoms with Gasteiger partial charge in [0.15, 0.2) is 0 Å².